The number of aliphatic hydroxyl groups is 1. The Balaban J connectivity index is 2.50. The third-order valence-corrected chi connectivity index (χ3v) is 3.75. The monoisotopic (exact) mass is 268 g/mol. The largest absolute Gasteiger partial charge is 0.393 e. The van der Waals surface area contributed by atoms with Crippen molar-refractivity contribution in [2.45, 2.75) is 38.2 Å². The minimum absolute atomic E-state index is 0.0843. The van der Waals surface area contributed by atoms with Gasteiger partial charge < -0.3 is 15.7 Å². The van der Waals surface area contributed by atoms with Crippen molar-refractivity contribution < 1.29 is 14.7 Å². The molecule has 0 aliphatic heterocycles. The summed E-state index contributed by atoms with van der Waals surface area (Å²) in [5.74, 6) is -1.57. The van der Waals surface area contributed by atoms with Crippen molar-refractivity contribution in [1.29, 1.82) is 0 Å². The summed E-state index contributed by atoms with van der Waals surface area (Å²) in [6.07, 6.45) is 4.74. The lowest BCUT2D eigenvalue weighted by Crippen LogP contribution is -2.39. The number of unbranched alkanes of at least 4 members (excludes halogenated alkanes) is 2. The van der Waals surface area contributed by atoms with E-state index in [0.717, 1.165) is 19.3 Å². The third-order valence-electron chi connectivity index (χ3n) is 3.75. The fourth-order valence-electron chi connectivity index (χ4n) is 2.63. The van der Waals surface area contributed by atoms with E-state index >= 15 is 0 Å². The molecule has 0 radical (unpaired) electrons. The highest BCUT2D eigenvalue weighted by Crippen LogP contribution is 2.33. The molecule has 0 saturated heterocycles. The number of carbonyl (C=O) groups is 2. The Morgan fingerprint density at radius 1 is 1.37 bits per heavy atom. The maximum atomic E-state index is 12.3. The first-order valence-electron chi connectivity index (χ1n) is 6.80. The summed E-state index contributed by atoms with van der Waals surface area (Å²) in [6, 6.07) is 0. The number of nitrogens with two attached hydrogens (primary N) is 1. The molecule has 2 amide bonds. The number of carbonyl (C=O) groups excluding carboxylic acids is 2. The van der Waals surface area contributed by atoms with E-state index < -0.39 is 23.8 Å². The summed E-state index contributed by atoms with van der Waals surface area (Å²) in [6.45, 7) is 4.31. The molecule has 1 aliphatic carbocycles. The third kappa shape index (κ3) is 4.35. The van der Waals surface area contributed by atoms with Crippen LogP contribution in [0, 0.1) is 11.8 Å². The molecule has 0 heterocycles. The van der Waals surface area contributed by atoms with Gasteiger partial charge in [-0.1, -0.05) is 6.08 Å². The first-order valence-corrected chi connectivity index (χ1v) is 6.80. The number of nitrogens with zero attached hydrogens (tertiary/aromatic N) is 1. The maximum absolute atomic E-state index is 12.3. The quantitative estimate of drug-likeness (QED) is 0.526. The van der Waals surface area contributed by atoms with Crippen LogP contribution in [0.1, 0.15) is 32.1 Å². The zero-order valence-corrected chi connectivity index (χ0v) is 11.5. The molecule has 0 spiro atoms. The fourth-order valence-corrected chi connectivity index (χ4v) is 2.63. The molecule has 0 aromatic carbocycles. The Morgan fingerprint density at radius 3 is 2.58 bits per heavy atom. The van der Waals surface area contributed by atoms with Gasteiger partial charge in [-0.25, -0.2) is 0 Å². The van der Waals surface area contributed by atoms with Gasteiger partial charge in [0.05, 0.1) is 17.9 Å². The zero-order chi connectivity index (χ0) is 14.4. The van der Waals surface area contributed by atoms with Crippen molar-refractivity contribution in [3.05, 3.63) is 12.7 Å². The van der Waals surface area contributed by atoms with Crippen molar-refractivity contribution in [2.24, 2.45) is 17.6 Å². The lowest BCUT2D eigenvalue weighted by Gasteiger charge is -2.23. The Hall–Kier alpha value is -1.36. The van der Waals surface area contributed by atoms with Crippen molar-refractivity contribution in [1.82, 2.24) is 4.90 Å². The topological polar surface area (TPSA) is 83.6 Å². The van der Waals surface area contributed by atoms with Crippen LogP contribution in [0.15, 0.2) is 12.7 Å². The van der Waals surface area contributed by atoms with Crippen molar-refractivity contribution in [3.8, 4) is 0 Å². The molecule has 19 heavy (non-hydrogen) atoms. The van der Waals surface area contributed by atoms with Crippen LogP contribution in [-0.2, 0) is 9.59 Å². The van der Waals surface area contributed by atoms with Gasteiger partial charge in [-0.05, 0) is 32.1 Å². The van der Waals surface area contributed by atoms with Gasteiger partial charge in [-0.3, -0.25) is 9.59 Å². The van der Waals surface area contributed by atoms with Crippen LogP contribution in [0.3, 0.4) is 0 Å². The number of primary amides is 1. The van der Waals surface area contributed by atoms with Gasteiger partial charge in [-0.2, -0.15) is 0 Å². The second-order valence-electron chi connectivity index (χ2n) is 5.28. The van der Waals surface area contributed by atoms with Crippen molar-refractivity contribution in [3.63, 3.8) is 0 Å². The normalized spacial score (nSPS) is 26.1. The Bertz CT molecular complexity index is 344. The minimum atomic E-state index is -0.597. The van der Waals surface area contributed by atoms with E-state index in [4.69, 9.17) is 5.73 Å². The number of hydrogen-bond donors (Lipinski definition) is 2. The SMILES string of the molecule is C=CCCCCN(C)C(=O)[C@@H]1C[C@H](O)C[C@H]1C(N)=O. The molecule has 1 rings (SSSR count). The summed E-state index contributed by atoms with van der Waals surface area (Å²) < 4.78 is 0. The molecule has 0 bridgehead atoms. The molecule has 5 nitrogen and oxygen atoms in total. The molecule has 1 fully saturated rings. The molecule has 3 atom stereocenters. The number of rotatable bonds is 7. The van der Waals surface area contributed by atoms with Crippen LogP contribution in [0.25, 0.3) is 0 Å². The molecule has 108 valence electrons. The van der Waals surface area contributed by atoms with Gasteiger partial charge in [0.25, 0.3) is 0 Å². The molecule has 1 saturated carbocycles. The van der Waals surface area contributed by atoms with Gasteiger partial charge in [-0.15, -0.1) is 6.58 Å². The van der Waals surface area contributed by atoms with Crippen molar-refractivity contribution >= 4 is 11.8 Å². The van der Waals surface area contributed by atoms with E-state index in [2.05, 4.69) is 6.58 Å². The summed E-state index contributed by atoms with van der Waals surface area (Å²) >= 11 is 0. The summed E-state index contributed by atoms with van der Waals surface area (Å²) in [4.78, 5) is 25.2. The predicted octanol–water partition coefficient (Wildman–Crippen LogP) is 0.674. The number of hydrogen-bond acceptors (Lipinski definition) is 3. The highest BCUT2D eigenvalue weighted by molar-refractivity contribution is 5.87. The smallest absolute Gasteiger partial charge is 0.226 e. The fraction of sp³-hybridized carbons (Fsp3) is 0.714. The van der Waals surface area contributed by atoms with E-state index in [1.54, 1.807) is 11.9 Å². The summed E-state index contributed by atoms with van der Waals surface area (Å²) in [7, 11) is 1.74. The van der Waals surface area contributed by atoms with E-state index in [1.807, 2.05) is 6.08 Å². The van der Waals surface area contributed by atoms with Crippen LogP contribution in [0.5, 0.6) is 0 Å². The number of allylic oxidation sites excluding steroid dienone is 1. The lowest BCUT2D eigenvalue weighted by atomic mass is 9.94. The first kappa shape index (κ1) is 15.7. The average Bonchev–Trinajstić information content (AvgIpc) is 2.75. The average molecular weight is 268 g/mol. The van der Waals surface area contributed by atoms with Gasteiger partial charge in [0, 0.05) is 13.6 Å². The molecule has 0 aromatic heterocycles. The van der Waals surface area contributed by atoms with Gasteiger partial charge in [0.2, 0.25) is 11.8 Å². The lowest BCUT2D eigenvalue weighted by molar-refractivity contribution is -0.139. The highest BCUT2D eigenvalue weighted by atomic mass is 16.3. The van der Waals surface area contributed by atoms with Crippen molar-refractivity contribution in [2.75, 3.05) is 13.6 Å². The van der Waals surface area contributed by atoms with E-state index in [1.165, 1.54) is 0 Å². The maximum Gasteiger partial charge on any atom is 0.226 e. The molecule has 1 aliphatic rings. The van der Waals surface area contributed by atoms with Crippen LogP contribution >= 0.6 is 0 Å². The van der Waals surface area contributed by atoms with Crippen LogP contribution in [0.4, 0.5) is 0 Å². The molecular weight excluding hydrogens is 244 g/mol. The van der Waals surface area contributed by atoms with Crippen LogP contribution in [-0.4, -0.2) is 41.5 Å². The predicted molar refractivity (Wildman–Crippen MR) is 73.1 cm³/mol. The second kappa shape index (κ2) is 7.28. The summed E-state index contributed by atoms with van der Waals surface area (Å²) in [5.41, 5.74) is 5.30. The van der Waals surface area contributed by atoms with Gasteiger partial charge in [0.15, 0.2) is 0 Å². The Morgan fingerprint density at radius 2 is 2.00 bits per heavy atom. The van der Waals surface area contributed by atoms with Gasteiger partial charge in [0.1, 0.15) is 0 Å². The number of amides is 2. The minimum Gasteiger partial charge on any atom is -0.393 e. The Labute approximate surface area is 114 Å². The zero-order valence-electron chi connectivity index (χ0n) is 11.5. The molecule has 0 unspecified atom stereocenters. The Kier molecular flexibility index (Phi) is 6.02. The molecule has 5 heteroatoms. The van der Waals surface area contributed by atoms with Crippen LogP contribution in [0.2, 0.25) is 0 Å². The molecular formula is C14H24N2O3. The summed E-state index contributed by atoms with van der Waals surface area (Å²) in [5, 5.41) is 9.61. The number of aliphatic hydroxyl groups excluding tert-OH is 1. The highest BCUT2D eigenvalue weighted by Gasteiger charge is 2.42. The first-order chi connectivity index (χ1) is 8.97. The molecule has 0 aromatic rings. The second-order valence-corrected chi connectivity index (χ2v) is 5.28. The standard InChI is InChI=1S/C14H24N2O3/c1-3-4-5-6-7-16(2)14(19)12-9-10(17)8-11(12)13(15)18/h3,10-12,17H,1,4-9H2,2H3,(H2,15,18)/t10-,11-,12-/m1/s1. The van der Waals surface area contributed by atoms with Gasteiger partial charge >= 0.3 is 0 Å². The van der Waals surface area contributed by atoms with Crippen LogP contribution < -0.4 is 5.73 Å². The van der Waals surface area contributed by atoms with E-state index in [9.17, 15) is 14.7 Å². The van der Waals surface area contributed by atoms with E-state index in [0.29, 0.717) is 19.4 Å². The van der Waals surface area contributed by atoms with E-state index in [-0.39, 0.29) is 5.91 Å². The molecule has 3 N–H and O–H groups in total.